The summed E-state index contributed by atoms with van der Waals surface area (Å²) in [7, 11) is 0. The molecule has 0 aliphatic rings. The molecule has 0 aromatic carbocycles. The Morgan fingerprint density at radius 1 is 1.38 bits per heavy atom. The second-order valence-corrected chi connectivity index (χ2v) is 3.25. The lowest BCUT2D eigenvalue weighted by Crippen LogP contribution is -2.28. The normalized spacial score (nSPS) is 12.3. The van der Waals surface area contributed by atoms with Crippen LogP contribution in [0.15, 0.2) is 24.3 Å². The van der Waals surface area contributed by atoms with E-state index in [2.05, 4.69) is 6.58 Å². The molecule has 13 heavy (non-hydrogen) atoms. The van der Waals surface area contributed by atoms with Gasteiger partial charge < -0.3 is 10.8 Å². The third-order valence-electron chi connectivity index (χ3n) is 2.49. The average Bonchev–Trinajstić information content (AvgIpc) is 2.17. The molecule has 2 heteroatoms. The van der Waals surface area contributed by atoms with Crippen molar-refractivity contribution < 1.29 is 5.11 Å². The molecule has 0 aromatic rings. The van der Waals surface area contributed by atoms with Gasteiger partial charge in [0.25, 0.3) is 0 Å². The van der Waals surface area contributed by atoms with Crippen LogP contribution in [0.5, 0.6) is 0 Å². The summed E-state index contributed by atoms with van der Waals surface area (Å²) >= 11 is 0. The van der Waals surface area contributed by atoms with Gasteiger partial charge in [0.1, 0.15) is 0 Å². The lowest BCUT2D eigenvalue weighted by Gasteiger charge is -2.27. The first-order valence-electron chi connectivity index (χ1n) is 4.86. The number of rotatable bonds is 6. The van der Waals surface area contributed by atoms with Crippen LogP contribution >= 0.6 is 0 Å². The molecule has 0 amide bonds. The van der Waals surface area contributed by atoms with Crippen LogP contribution in [0, 0.1) is 0 Å². The van der Waals surface area contributed by atoms with E-state index in [-0.39, 0.29) is 0 Å². The summed E-state index contributed by atoms with van der Waals surface area (Å²) in [5.74, 6) is 0. The van der Waals surface area contributed by atoms with Gasteiger partial charge in [-0.1, -0.05) is 32.6 Å². The van der Waals surface area contributed by atoms with Gasteiger partial charge in [-0.3, -0.25) is 0 Å². The van der Waals surface area contributed by atoms with E-state index in [4.69, 9.17) is 5.73 Å². The molecule has 0 bridgehead atoms. The van der Waals surface area contributed by atoms with E-state index in [0.717, 1.165) is 24.8 Å². The predicted molar refractivity (Wildman–Crippen MR) is 57.5 cm³/mol. The molecule has 0 saturated carbocycles. The minimum atomic E-state index is -0.695. The molecular formula is C11H21NO. The second kappa shape index (κ2) is 5.95. The van der Waals surface area contributed by atoms with Crippen molar-refractivity contribution in [2.24, 2.45) is 5.73 Å². The molecule has 0 saturated heterocycles. The molecule has 3 N–H and O–H groups in total. The summed E-state index contributed by atoms with van der Waals surface area (Å²) < 4.78 is 0. The molecule has 0 aromatic heterocycles. The van der Waals surface area contributed by atoms with E-state index in [9.17, 15) is 5.11 Å². The first-order chi connectivity index (χ1) is 6.10. The van der Waals surface area contributed by atoms with Gasteiger partial charge in [-0.2, -0.15) is 0 Å². The van der Waals surface area contributed by atoms with Crippen LogP contribution in [0.2, 0.25) is 0 Å². The van der Waals surface area contributed by atoms with Gasteiger partial charge >= 0.3 is 0 Å². The highest BCUT2D eigenvalue weighted by atomic mass is 16.3. The molecule has 0 heterocycles. The Labute approximate surface area is 81.1 Å². The van der Waals surface area contributed by atoms with Crippen molar-refractivity contribution in [3.63, 3.8) is 0 Å². The third kappa shape index (κ3) is 3.75. The summed E-state index contributed by atoms with van der Waals surface area (Å²) in [4.78, 5) is 0. The molecule has 0 radical (unpaired) electrons. The summed E-state index contributed by atoms with van der Waals surface area (Å²) in [6.07, 6.45) is 6.00. The highest BCUT2D eigenvalue weighted by molar-refractivity contribution is 5.15. The van der Waals surface area contributed by atoms with Crippen LogP contribution in [-0.4, -0.2) is 17.3 Å². The van der Waals surface area contributed by atoms with Crippen LogP contribution < -0.4 is 5.73 Å². The van der Waals surface area contributed by atoms with Gasteiger partial charge in [-0.15, -0.1) is 0 Å². The number of hydrogen-bond acceptors (Lipinski definition) is 2. The molecule has 76 valence electrons. The van der Waals surface area contributed by atoms with Crippen molar-refractivity contribution in [2.75, 3.05) is 6.54 Å². The third-order valence-corrected chi connectivity index (χ3v) is 2.49. The smallest absolute Gasteiger partial charge is 0.0851 e. The van der Waals surface area contributed by atoms with Gasteiger partial charge in [0.2, 0.25) is 0 Å². The number of hydrogen-bond donors (Lipinski definition) is 2. The summed E-state index contributed by atoms with van der Waals surface area (Å²) in [5.41, 5.74) is 5.49. The molecule has 0 aliphatic heterocycles. The van der Waals surface area contributed by atoms with Crippen LogP contribution in [0.1, 0.15) is 33.1 Å². The van der Waals surface area contributed by atoms with E-state index in [0.29, 0.717) is 6.54 Å². The zero-order chi connectivity index (χ0) is 10.3. The number of allylic oxidation sites excluding steroid dienone is 1. The van der Waals surface area contributed by atoms with E-state index in [1.165, 1.54) is 0 Å². The van der Waals surface area contributed by atoms with E-state index < -0.39 is 5.60 Å². The molecule has 0 atom stereocenters. The van der Waals surface area contributed by atoms with Crippen LogP contribution in [-0.2, 0) is 0 Å². The molecule has 0 spiro atoms. The quantitative estimate of drug-likeness (QED) is 0.619. The number of aliphatic hydroxyl groups is 1. The SMILES string of the molecule is C=C(C/C=C\CN)C(O)(CC)CC. The Hall–Kier alpha value is -0.600. The first kappa shape index (κ1) is 12.4. The maximum Gasteiger partial charge on any atom is 0.0851 e. The van der Waals surface area contributed by atoms with E-state index in [1.807, 2.05) is 26.0 Å². The van der Waals surface area contributed by atoms with Gasteiger partial charge in [0.15, 0.2) is 0 Å². The Morgan fingerprint density at radius 2 is 1.92 bits per heavy atom. The predicted octanol–water partition coefficient (Wildman–Crippen LogP) is 2.00. The molecule has 0 unspecified atom stereocenters. The fraction of sp³-hybridized carbons (Fsp3) is 0.636. The van der Waals surface area contributed by atoms with Gasteiger partial charge in [-0.05, 0) is 24.8 Å². The maximum atomic E-state index is 10.0. The number of nitrogens with two attached hydrogens (primary N) is 1. The largest absolute Gasteiger partial charge is 0.386 e. The van der Waals surface area contributed by atoms with Crippen molar-refractivity contribution in [1.82, 2.24) is 0 Å². The van der Waals surface area contributed by atoms with Crippen molar-refractivity contribution >= 4 is 0 Å². The van der Waals surface area contributed by atoms with E-state index in [1.54, 1.807) is 0 Å². The molecule has 0 rings (SSSR count). The Balaban J connectivity index is 4.15. The Kier molecular flexibility index (Phi) is 5.67. The highest BCUT2D eigenvalue weighted by Gasteiger charge is 2.24. The average molecular weight is 183 g/mol. The topological polar surface area (TPSA) is 46.2 Å². The summed E-state index contributed by atoms with van der Waals surface area (Å²) in [6, 6.07) is 0. The van der Waals surface area contributed by atoms with E-state index >= 15 is 0 Å². The molecular weight excluding hydrogens is 162 g/mol. The summed E-state index contributed by atoms with van der Waals surface area (Å²) in [5, 5.41) is 10.0. The minimum Gasteiger partial charge on any atom is -0.386 e. The van der Waals surface area contributed by atoms with Crippen LogP contribution in [0.4, 0.5) is 0 Å². The van der Waals surface area contributed by atoms with Crippen LogP contribution in [0.25, 0.3) is 0 Å². The molecule has 0 fully saturated rings. The molecule has 0 aliphatic carbocycles. The first-order valence-corrected chi connectivity index (χ1v) is 4.86. The fourth-order valence-corrected chi connectivity index (χ4v) is 1.26. The lowest BCUT2D eigenvalue weighted by atomic mass is 9.87. The fourth-order valence-electron chi connectivity index (χ4n) is 1.26. The minimum absolute atomic E-state index is 0.546. The monoisotopic (exact) mass is 183 g/mol. The van der Waals surface area contributed by atoms with Crippen molar-refractivity contribution in [2.45, 2.75) is 38.7 Å². The van der Waals surface area contributed by atoms with Crippen molar-refractivity contribution in [3.05, 3.63) is 24.3 Å². The van der Waals surface area contributed by atoms with Crippen molar-refractivity contribution in [1.29, 1.82) is 0 Å². The Bertz CT molecular complexity index is 181. The maximum absolute atomic E-state index is 10.0. The lowest BCUT2D eigenvalue weighted by molar-refractivity contribution is 0.0686. The van der Waals surface area contributed by atoms with Gasteiger partial charge in [0, 0.05) is 6.54 Å². The van der Waals surface area contributed by atoms with Gasteiger partial charge in [0.05, 0.1) is 5.60 Å². The van der Waals surface area contributed by atoms with Gasteiger partial charge in [-0.25, -0.2) is 0 Å². The zero-order valence-electron chi connectivity index (χ0n) is 8.71. The molecule has 2 nitrogen and oxygen atoms in total. The van der Waals surface area contributed by atoms with Crippen LogP contribution in [0.3, 0.4) is 0 Å². The zero-order valence-corrected chi connectivity index (χ0v) is 8.71. The Morgan fingerprint density at radius 3 is 2.31 bits per heavy atom. The summed E-state index contributed by atoms with van der Waals surface area (Å²) in [6.45, 7) is 8.39. The van der Waals surface area contributed by atoms with Crippen molar-refractivity contribution in [3.8, 4) is 0 Å². The highest BCUT2D eigenvalue weighted by Crippen LogP contribution is 2.25. The standard InChI is InChI=1S/C11H21NO/c1-4-11(13,5-2)10(3)8-6-7-9-12/h6-7,13H,3-5,8-9,12H2,1-2H3/b7-6-. The second-order valence-electron chi connectivity index (χ2n) is 3.25.